The number of benzene rings is 1. The van der Waals surface area contributed by atoms with Gasteiger partial charge in [0.05, 0.1) is 11.7 Å². The monoisotopic (exact) mass is 325 g/mol. The third kappa shape index (κ3) is 2.92. The summed E-state index contributed by atoms with van der Waals surface area (Å²) >= 11 is 1.35. The largest absolute Gasteiger partial charge is 0.397 e. The van der Waals surface area contributed by atoms with Crippen LogP contribution < -0.4 is 11.1 Å². The highest BCUT2D eigenvalue weighted by Gasteiger charge is 2.20. The fraction of sp³-hybridized carbons (Fsp3) is 0.222. The van der Waals surface area contributed by atoms with Gasteiger partial charge in [0, 0.05) is 11.1 Å². The highest BCUT2D eigenvalue weighted by Crippen LogP contribution is 2.35. The Morgan fingerprint density at radius 1 is 1.26 bits per heavy atom. The molecule has 1 aromatic carbocycles. The number of rotatable bonds is 3. The van der Waals surface area contributed by atoms with Crippen molar-refractivity contribution < 1.29 is 4.79 Å². The summed E-state index contributed by atoms with van der Waals surface area (Å²) < 4.78 is 0. The van der Waals surface area contributed by atoms with Gasteiger partial charge in [-0.3, -0.25) is 4.79 Å². The van der Waals surface area contributed by atoms with Crippen LogP contribution in [0, 0.1) is 13.8 Å². The summed E-state index contributed by atoms with van der Waals surface area (Å²) in [5, 5.41) is 3.90. The van der Waals surface area contributed by atoms with Crippen LogP contribution in [0.5, 0.6) is 0 Å². The van der Waals surface area contributed by atoms with Crippen molar-refractivity contribution in [3.05, 3.63) is 58.1 Å². The van der Waals surface area contributed by atoms with Gasteiger partial charge in [-0.2, -0.15) is 0 Å². The molecule has 0 saturated carbocycles. The van der Waals surface area contributed by atoms with Crippen molar-refractivity contribution in [1.82, 2.24) is 10.3 Å². The normalized spacial score (nSPS) is 12.3. The van der Waals surface area contributed by atoms with Crippen LogP contribution in [-0.4, -0.2) is 10.9 Å². The molecule has 0 radical (unpaired) electrons. The third-order valence-corrected chi connectivity index (χ3v) is 4.98. The molecule has 5 heteroatoms. The van der Waals surface area contributed by atoms with Gasteiger partial charge in [-0.05, 0) is 38.0 Å². The first-order valence-corrected chi connectivity index (χ1v) is 8.31. The number of nitrogen functional groups attached to an aromatic ring is 1. The molecule has 0 aliphatic carbocycles. The van der Waals surface area contributed by atoms with Gasteiger partial charge >= 0.3 is 0 Å². The molecule has 0 saturated heterocycles. The SMILES string of the molecule is Cc1cc(C)c2c(N)c(C(=O)NC(C)c3ccccc3)sc2n1. The number of hydrogen-bond acceptors (Lipinski definition) is 4. The molecule has 0 spiro atoms. The number of thiophene rings is 1. The van der Waals surface area contributed by atoms with Crippen LogP contribution in [0.15, 0.2) is 36.4 Å². The van der Waals surface area contributed by atoms with Crippen molar-refractivity contribution in [2.24, 2.45) is 0 Å². The highest BCUT2D eigenvalue weighted by molar-refractivity contribution is 7.21. The minimum absolute atomic E-state index is 0.0795. The Kier molecular flexibility index (Phi) is 4.05. The Morgan fingerprint density at radius 2 is 1.96 bits per heavy atom. The number of nitrogens with zero attached hydrogens (tertiary/aromatic N) is 1. The number of nitrogens with one attached hydrogen (secondary N) is 1. The number of pyridine rings is 1. The average Bonchev–Trinajstić information content (AvgIpc) is 2.85. The first-order chi connectivity index (χ1) is 11.0. The predicted octanol–water partition coefficient (Wildman–Crippen LogP) is 3.99. The number of hydrogen-bond donors (Lipinski definition) is 2. The Bertz CT molecular complexity index is 871. The number of aryl methyl sites for hydroxylation is 2. The number of aromatic nitrogens is 1. The van der Waals surface area contributed by atoms with E-state index in [1.54, 1.807) is 0 Å². The standard InChI is InChI=1S/C18H19N3OS/c1-10-9-11(2)20-18-14(10)15(19)16(23-18)17(22)21-12(3)13-7-5-4-6-8-13/h4-9,12H,19H2,1-3H3,(H,21,22). The molecule has 1 unspecified atom stereocenters. The van der Waals surface area contributed by atoms with Crippen LogP contribution in [0.1, 0.15) is 39.5 Å². The zero-order valence-corrected chi connectivity index (χ0v) is 14.2. The van der Waals surface area contributed by atoms with Gasteiger partial charge in [0.2, 0.25) is 0 Å². The molecule has 3 rings (SSSR count). The number of amides is 1. The summed E-state index contributed by atoms with van der Waals surface area (Å²) in [5.41, 5.74) is 9.78. The second-order valence-electron chi connectivity index (χ2n) is 5.71. The Labute approximate surface area is 139 Å². The molecular weight excluding hydrogens is 306 g/mol. The molecule has 1 amide bonds. The van der Waals surface area contributed by atoms with Gasteiger partial charge in [0.15, 0.2) is 0 Å². The third-order valence-electron chi connectivity index (χ3n) is 3.88. The predicted molar refractivity (Wildman–Crippen MR) is 95.8 cm³/mol. The van der Waals surface area contributed by atoms with E-state index in [1.807, 2.05) is 57.2 Å². The molecule has 0 aliphatic heterocycles. The van der Waals surface area contributed by atoms with Crippen LogP contribution in [0.4, 0.5) is 5.69 Å². The second kappa shape index (κ2) is 6.01. The molecule has 118 valence electrons. The molecule has 1 atom stereocenters. The zero-order chi connectivity index (χ0) is 16.6. The summed E-state index contributed by atoms with van der Waals surface area (Å²) in [7, 11) is 0. The Morgan fingerprint density at radius 3 is 2.65 bits per heavy atom. The fourth-order valence-electron chi connectivity index (χ4n) is 2.73. The number of nitrogens with two attached hydrogens (primary N) is 1. The maximum absolute atomic E-state index is 12.6. The minimum Gasteiger partial charge on any atom is -0.397 e. The van der Waals surface area contributed by atoms with E-state index in [0.717, 1.165) is 27.0 Å². The topological polar surface area (TPSA) is 68.0 Å². The van der Waals surface area contributed by atoms with Crippen LogP contribution in [0.3, 0.4) is 0 Å². The number of carbonyl (C=O) groups is 1. The molecule has 3 N–H and O–H groups in total. The van der Waals surface area contributed by atoms with Gasteiger partial charge in [-0.15, -0.1) is 11.3 Å². The van der Waals surface area contributed by atoms with Crippen LogP contribution in [0.2, 0.25) is 0 Å². The lowest BCUT2D eigenvalue weighted by molar-refractivity contribution is 0.0945. The lowest BCUT2D eigenvalue weighted by Crippen LogP contribution is -2.26. The first kappa shape index (κ1) is 15.5. The maximum Gasteiger partial charge on any atom is 0.264 e. The molecule has 0 fully saturated rings. The Hall–Kier alpha value is -2.40. The van der Waals surface area contributed by atoms with Crippen molar-refractivity contribution in [1.29, 1.82) is 0 Å². The maximum atomic E-state index is 12.6. The minimum atomic E-state index is -0.154. The summed E-state index contributed by atoms with van der Waals surface area (Å²) in [4.78, 5) is 18.5. The Balaban J connectivity index is 1.92. The van der Waals surface area contributed by atoms with Gasteiger partial charge < -0.3 is 11.1 Å². The van der Waals surface area contributed by atoms with Crippen molar-refractivity contribution in [2.45, 2.75) is 26.8 Å². The van der Waals surface area contributed by atoms with Crippen molar-refractivity contribution in [3.8, 4) is 0 Å². The molecule has 2 aromatic heterocycles. The molecular formula is C18H19N3OS. The van der Waals surface area contributed by atoms with E-state index in [9.17, 15) is 4.79 Å². The average molecular weight is 325 g/mol. The van der Waals surface area contributed by atoms with E-state index in [0.29, 0.717) is 10.6 Å². The zero-order valence-electron chi connectivity index (χ0n) is 13.4. The number of anilines is 1. The molecule has 0 aliphatic rings. The first-order valence-electron chi connectivity index (χ1n) is 7.49. The van der Waals surface area contributed by atoms with E-state index >= 15 is 0 Å². The quantitative estimate of drug-likeness (QED) is 0.765. The summed E-state index contributed by atoms with van der Waals surface area (Å²) in [6.07, 6.45) is 0. The smallest absolute Gasteiger partial charge is 0.264 e. The summed E-state index contributed by atoms with van der Waals surface area (Å²) in [6, 6.07) is 11.8. The van der Waals surface area contributed by atoms with E-state index in [4.69, 9.17) is 5.73 Å². The van der Waals surface area contributed by atoms with E-state index in [2.05, 4.69) is 10.3 Å². The lowest BCUT2D eigenvalue weighted by atomic mass is 10.1. The molecule has 4 nitrogen and oxygen atoms in total. The summed E-state index contributed by atoms with van der Waals surface area (Å²) in [6.45, 7) is 5.90. The van der Waals surface area contributed by atoms with Gasteiger partial charge in [0.25, 0.3) is 5.91 Å². The molecule has 23 heavy (non-hydrogen) atoms. The van der Waals surface area contributed by atoms with Crippen molar-refractivity contribution >= 4 is 33.1 Å². The van der Waals surface area contributed by atoms with E-state index in [1.165, 1.54) is 11.3 Å². The van der Waals surface area contributed by atoms with Crippen molar-refractivity contribution in [3.63, 3.8) is 0 Å². The molecule has 3 aromatic rings. The van der Waals surface area contributed by atoms with E-state index < -0.39 is 0 Å². The highest BCUT2D eigenvalue weighted by atomic mass is 32.1. The molecule has 2 heterocycles. The lowest BCUT2D eigenvalue weighted by Gasteiger charge is -2.13. The van der Waals surface area contributed by atoms with Crippen LogP contribution in [0.25, 0.3) is 10.2 Å². The number of carbonyl (C=O) groups excluding carboxylic acids is 1. The van der Waals surface area contributed by atoms with Gasteiger partial charge in [-0.1, -0.05) is 30.3 Å². The van der Waals surface area contributed by atoms with Gasteiger partial charge in [0.1, 0.15) is 9.71 Å². The van der Waals surface area contributed by atoms with Gasteiger partial charge in [-0.25, -0.2) is 4.98 Å². The fourth-order valence-corrected chi connectivity index (χ4v) is 3.84. The summed E-state index contributed by atoms with van der Waals surface area (Å²) in [5.74, 6) is -0.154. The van der Waals surface area contributed by atoms with Crippen LogP contribution >= 0.6 is 11.3 Å². The van der Waals surface area contributed by atoms with Crippen molar-refractivity contribution in [2.75, 3.05) is 5.73 Å². The van der Waals surface area contributed by atoms with Crippen LogP contribution in [-0.2, 0) is 0 Å². The second-order valence-corrected chi connectivity index (χ2v) is 6.71. The molecule has 0 bridgehead atoms. The van der Waals surface area contributed by atoms with E-state index in [-0.39, 0.29) is 11.9 Å². The number of fused-ring (bicyclic) bond motifs is 1.